The molecule has 1 unspecified atom stereocenters. The standard InChI is InChI=1S/C11H14N4O/c1-2-9(12)6-10-14-11(15-16-10)8-4-3-5-13-7-8/h3-5,7,9H,2,6,12H2,1H3. The lowest BCUT2D eigenvalue weighted by Gasteiger charge is -2.02. The Balaban J connectivity index is 2.14. The van der Waals surface area contributed by atoms with Gasteiger partial charge in [0.1, 0.15) is 0 Å². The molecule has 84 valence electrons. The van der Waals surface area contributed by atoms with Crippen molar-refractivity contribution in [1.82, 2.24) is 15.1 Å². The van der Waals surface area contributed by atoms with Crippen LogP contribution in [0.25, 0.3) is 11.4 Å². The zero-order valence-electron chi connectivity index (χ0n) is 9.13. The van der Waals surface area contributed by atoms with Crippen LogP contribution in [0.5, 0.6) is 0 Å². The molecule has 0 aliphatic heterocycles. The van der Waals surface area contributed by atoms with Crippen LogP contribution in [0.4, 0.5) is 0 Å². The molecule has 0 bridgehead atoms. The second-order valence-corrected chi connectivity index (χ2v) is 3.63. The lowest BCUT2D eigenvalue weighted by Crippen LogP contribution is -2.21. The van der Waals surface area contributed by atoms with E-state index in [9.17, 15) is 0 Å². The molecule has 0 aliphatic rings. The molecule has 16 heavy (non-hydrogen) atoms. The van der Waals surface area contributed by atoms with Gasteiger partial charge in [-0.15, -0.1) is 0 Å². The number of hydrogen-bond acceptors (Lipinski definition) is 5. The van der Waals surface area contributed by atoms with Gasteiger partial charge in [-0.05, 0) is 18.6 Å². The lowest BCUT2D eigenvalue weighted by atomic mass is 10.2. The number of nitrogens with two attached hydrogens (primary N) is 1. The zero-order valence-corrected chi connectivity index (χ0v) is 9.13. The van der Waals surface area contributed by atoms with Crippen LogP contribution < -0.4 is 5.73 Å². The van der Waals surface area contributed by atoms with Gasteiger partial charge in [-0.25, -0.2) is 0 Å². The maximum absolute atomic E-state index is 5.81. The first-order chi connectivity index (χ1) is 7.79. The molecule has 2 aromatic rings. The van der Waals surface area contributed by atoms with Gasteiger partial charge < -0.3 is 10.3 Å². The molecule has 1 atom stereocenters. The Morgan fingerprint density at radius 2 is 2.38 bits per heavy atom. The molecule has 2 rings (SSSR count). The fourth-order valence-electron chi connectivity index (χ4n) is 1.32. The Morgan fingerprint density at radius 1 is 1.50 bits per heavy atom. The van der Waals surface area contributed by atoms with Crippen molar-refractivity contribution in [3.63, 3.8) is 0 Å². The normalized spacial score (nSPS) is 12.6. The highest BCUT2D eigenvalue weighted by molar-refractivity contribution is 5.51. The van der Waals surface area contributed by atoms with Crippen molar-refractivity contribution in [3.05, 3.63) is 30.4 Å². The molecule has 2 heterocycles. The maximum atomic E-state index is 5.81. The highest BCUT2D eigenvalue weighted by Crippen LogP contribution is 2.14. The summed E-state index contributed by atoms with van der Waals surface area (Å²) in [5.74, 6) is 1.14. The number of nitrogens with zero attached hydrogens (tertiary/aromatic N) is 3. The van der Waals surface area contributed by atoms with Gasteiger partial charge in [0, 0.05) is 30.4 Å². The number of pyridine rings is 1. The maximum Gasteiger partial charge on any atom is 0.228 e. The average molecular weight is 218 g/mol. The monoisotopic (exact) mass is 218 g/mol. The summed E-state index contributed by atoms with van der Waals surface area (Å²) in [6.45, 7) is 2.03. The van der Waals surface area contributed by atoms with E-state index in [1.807, 2.05) is 19.1 Å². The lowest BCUT2D eigenvalue weighted by molar-refractivity contribution is 0.368. The molecular weight excluding hydrogens is 204 g/mol. The Kier molecular flexibility index (Phi) is 3.26. The fraction of sp³-hybridized carbons (Fsp3) is 0.364. The van der Waals surface area contributed by atoms with E-state index < -0.39 is 0 Å². The molecule has 0 radical (unpaired) electrons. The highest BCUT2D eigenvalue weighted by atomic mass is 16.5. The van der Waals surface area contributed by atoms with Crippen LogP contribution in [0.15, 0.2) is 29.0 Å². The highest BCUT2D eigenvalue weighted by Gasteiger charge is 2.11. The zero-order chi connectivity index (χ0) is 11.4. The molecule has 2 aromatic heterocycles. The second-order valence-electron chi connectivity index (χ2n) is 3.63. The summed E-state index contributed by atoms with van der Waals surface area (Å²) in [7, 11) is 0. The van der Waals surface area contributed by atoms with E-state index in [-0.39, 0.29) is 6.04 Å². The second kappa shape index (κ2) is 4.85. The minimum atomic E-state index is 0.0715. The molecule has 0 saturated heterocycles. The van der Waals surface area contributed by atoms with Crippen molar-refractivity contribution in [2.45, 2.75) is 25.8 Å². The molecule has 0 aromatic carbocycles. The van der Waals surface area contributed by atoms with Crippen molar-refractivity contribution < 1.29 is 4.52 Å². The number of aromatic nitrogens is 3. The smallest absolute Gasteiger partial charge is 0.228 e. The predicted molar refractivity (Wildman–Crippen MR) is 59.5 cm³/mol. The molecule has 0 aliphatic carbocycles. The SMILES string of the molecule is CCC(N)Cc1nc(-c2cccnc2)no1. The van der Waals surface area contributed by atoms with Crippen molar-refractivity contribution >= 4 is 0 Å². The van der Waals surface area contributed by atoms with Gasteiger partial charge in [-0.1, -0.05) is 12.1 Å². The van der Waals surface area contributed by atoms with E-state index in [2.05, 4.69) is 15.1 Å². The van der Waals surface area contributed by atoms with Crippen LogP contribution in [-0.4, -0.2) is 21.2 Å². The third kappa shape index (κ3) is 2.43. The topological polar surface area (TPSA) is 77.8 Å². The molecule has 5 heteroatoms. The van der Waals surface area contributed by atoms with E-state index in [0.717, 1.165) is 12.0 Å². The molecule has 0 saturated carbocycles. The molecular formula is C11H14N4O. The van der Waals surface area contributed by atoms with Gasteiger partial charge >= 0.3 is 0 Å². The van der Waals surface area contributed by atoms with Gasteiger partial charge in [0.25, 0.3) is 0 Å². The summed E-state index contributed by atoms with van der Waals surface area (Å²) < 4.78 is 5.12. The van der Waals surface area contributed by atoms with Crippen LogP contribution in [-0.2, 0) is 6.42 Å². The van der Waals surface area contributed by atoms with E-state index in [1.54, 1.807) is 12.4 Å². The van der Waals surface area contributed by atoms with Gasteiger partial charge in [0.15, 0.2) is 0 Å². The van der Waals surface area contributed by atoms with Crippen molar-refractivity contribution in [3.8, 4) is 11.4 Å². The molecule has 5 nitrogen and oxygen atoms in total. The van der Waals surface area contributed by atoms with Gasteiger partial charge in [-0.2, -0.15) is 4.98 Å². The van der Waals surface area contributed by atoms with Crippen LogP contribution in [0.1, 0.15) is 19.2 Å². The summed E-state index contributed by atoms with van der Waals surface area (Å²) in [4.78, 5) is 8.27. The van der Waals surface area contributed by atoms with Crippen LogP contribution >= 0.6 is 0 Å². The Morgan fingerprint density at radius 3 is 3.06 bits per heavy atom. The molecule has 0 fully saturated rings. The van der Waals surface area contributed by atoms with Crippen molar-refractivity contribution in [2.75, 3.05) is 0 Å². The van der Waals surface area contributed by atoms with E-state index in [4.69, 9.17) is 10.3 Å². The molecule has 2 N–H and O–H groups in total. The minimum Gasteiger partial charge on any atom is -0.339 e. The van der Waals surface area contributed by atoms with E-state index in [1.165, 1.54) is 0 Å². The predicted octanol–water partition coefficient (Wildman–Crippen LogP) is 1.41. The van der Waals surface area contributed by atoms with Gasteiger partial charge in [-0.3, -0.25) is 4.98 Å². The first-order valence-electron chi connectivity index (χ1n) is 5.28. The van der Waals surface area contributed by atoms with Crippen molar-refractivity contribution in [2.24, 2.45) is 5.73 Å². The van der Waals surface area contributed by atoms with Gasteiger partial charge in [0.05, 0.1) is 0 Å². The van der Waals surface area contributed by atoms with Gasteiger partial charge in [0.2, 0.25) is 11.7 Å². The number of rotatable bonds is 4. The summed E-state index contributed by atoms with van der Waals surface area (Å²) >= 11 is 0. The summed E-state index contributed by atoms with van der Waals surface area (Å²) in [6.07, 6.45) is 4.92. The van der Waals surface area contributed by atoms with Crippen LogP contribution in [0.3, 0.4) is 0 Å². The van der Waals surface area contributed by atoms with E-state index in [0.29, 0.717) is 18.1 Å². The van der Waals surface area contributed by atoms with E-state index >= 15 is 0 Å². The Labute approximate surface area is 93.7 Å². The fourth-order valence-corrected chi connectivity index (χ4v) is 1.32. The minimum absolute atomic E-state index is 0.0715. The first kappa shape index (κ1) is 10.8. The Hall–Kier alpha value is -1.75. The summed E-state index contributed by atoms with van der Waals surface area (Å²) in [5, 5.41) is 3.89. The summed E-state index contributed by atoms with van der Waals surface area (Å²) in [6, 6.07) is 3.80. The molecule has 0 spiro atoms. The van der Waals surface area contributed by atoms with Crippen LogP contribution in [0, 0.1) is 0 Å². The first-order valence-corrected chi connectivity index (χ1v) is 5.28. The summed E-state index contributed by atoms with van der Waals surface area (Å²) in [5.41, 5.74) is 6.66. The van der Waals surface area contributed by atoms with Crippen molar-refractivity contribution in [1.29, 1.82) is 0 Å². The largest absolute Gasteiger partial charge is 0.339 e. The van der Waals surface area contributed by atoms with Crippen LogP contribution in [0.2, 0.25) is 0 Å². The Bertz CT molecular complexity index is 440. The third-order valence-electron chi connectivity index (χ3n) is 2.35. The average Bonchev–Trinajstić information content (AvgIpc) is 2.78. The third-order valence-corrected chi connectivity index (χ3v) is 2.35. The number of hydrogen-bond donors (Lipinski definition) is 1. The quantitative estimate of drug-likeness (QED) is 0.839. The molecule has 0 amide bonds.